The van der Waals surface area contributed by atoms with E-state index in [4.69, 9.17) is 4.99 Å². The largest absolute Gasteiger partial charge is 0.396 e. The second-order valence-electron chi connectivity index (χ2n) is 5.42. The molecule has 2 aliphatic heterocycles. The standard InChI is InChI=1S/C13H22N2O/c16-9-6-12-10-4-1-2-5-11(10)13-14-7-3-8-15(12)13/h10-12,16H,1-9H2/t10-,11+,12+/m1/s1. The van der Waals surface area contributed by atoms with Crippen molar-refractivity contribution < 1.29 is 5.11 Å². The molecule has 3 atom stereocenters. The van der Waals surface area contributed by atoms with Gasteiger partial charge in [0.15, 0.2) is 0 Å². The topological polar surface area (TPSA) is 35.8 Å². The van der Waals surface area contributed by atoms with Crippen molar-refractivity contribution in [3.63, 3.8) is 0 Å². The molecule has 3 nitrogen and oxygen atoms in total. The molecule has 1 saturated heterocycles. The highest BCUT2D eigenvalue weighted by Crippen LogP contribution is 2.43. The Labute approximate surface area is 97.6 Å². The third kappa shape index (κ3) is 1.56. The van der Waals surface area contributed by atoms with E-state index < -0.39 is 0 Å². The van der Waals surface area contributed by atoms with Gasteiger partial charge in [-0.1, -0.05) is 12.8 Å². The van der Waals surface area contributed by atoms with E-state index in [1.807, 2.05) is 0 Å². The van der Waals surface area contributed by atoms with Crippen molar-refractivity contribution >= 4 is 5.84 Å². The quantitative estimate of drug-likeness (QED) is 0.771. The van der Waals surface area contributed by atoms with Gasteiger partial charge >= 0.3 is 0 Å². The molecule has 0 bridgehead atoms. The van der Waals surface area contributed by atoms with Crippen LogP contribution in [-0.4, -0.2) is 41.6 Å². The van der Waals surface area contributed by atoms with E-state index in [0.29, 0.717) is 12.6 Å². The first-order valence-electron chi connectivity index (χ1n) is 6.83. The molecule has 0 spiro atoms. The number of aliphatic imine (C=N–C) groups is 1. The second-order valence-corrected chi connectivity index (χ2v) is 5.42. The Kier molecular flexibility index (Phi) is 2.88. The molecule has 1 saturated carbocycles. The molecule has 1 aliphatic carbocycles. The summed E-state index contributed by atoms with van der Waals surface area (Å²) in [7, 11) is 0. The van der Waals surface area contributed by atoms with Gasteiger partial charge in [0.25, 0.3) is 0 Å². The fourth-order valence-electron chi connectivity index (χ4n) is 3.98. The Morgan fingerprint density at radius 2 is 2.12 bits per heavy atom. The molecule has 0 aromatic heterocycles. The molecule has 0 aromatic carbocycles. The molecule has 1 N–H and O–H groups in total. The molecular formula is C13H22N2O. The molecule has 0 aromatic rings. The van der Waals surface area contributed by atoms with Gasteiger partial charge in [-0.25, -0.2) is 0 Å². The minimum Gasteiger partial charge on any atom is -0.396 e. The van der Waals surface area contributed by atoms with Crippen LogP contribution in [0, 0.1) is 11.8 Å². The number of nitrogens with zero attached hydrogens (tertiary/aromatic N) is 2. The molecule has 2 fully saturated rings. The summed E-state index contributed by atoms with van der Waals surface area (Å²) in [5, 5.41) is 9.24. The highest BCUT2D eigenvalue weighted by atomic mass is 16.3. The fraction of sp³-hybridized carbons (Fsp3) is 0.923. The van der Waals surface area contributed by atoms with Crippen molar-refractivity contribution in [1.29, 1.82) is 0 Å². The lowest BCUT2D eigenvalue weighted by Gasteiger charge is -2.31. The molecule has 90 valence electrons. The van der Waals surface area contributed by atoms with E-state index in [0.717, 1.165) is 24.8 Å². The van der Waals surface area contributed by atoms with Gasteiger partial charge in [0.05, 0.1) is 0 Å². The summed E-state index contributed by atoms with van der Waals surface area (Å²) in [4.78, 5) is 7.30. The first kappa shape index (κ1) is 10.6. The Morgan fingerprint density at radius 1 is 1.25 bits per heavy atom. The minimum absolute atomic E-state index is 0.331. The lowest BCUT2D eigenvalue weighted by molar-refractivity contribution is 0.170. The van der Waals surface area contributed by atoms with Crippen LogP contribution in [0.3, 0.4) is 0 Å². The van der Waals surface area contributed by atoms with Crippen LogP contribution in [0.1, 0.15) is 38.5 Å². The van der Waals surface area contributed by atoms with Crippen molar-refractivity contribution in [2.75, 3.05) is 19.7 Å². The summed E-state index contributed by atoms with van der Waals surface area (Å²) in [5.41, 5.74) is 0. The average Bonchev–Trinajstić information content (AvgIpc) is 2.66. The van der Waals surface area contributed by atoms with Crippen LogP contribution in [-0.2, 0) is 0 Å². The van der Waals surface area contributed by atoms with Gasteiger partial charge in [0, 0.05) is 31.7 Å². The summed E-state index contributed by atoms with van der Waals surface area (Å²) in [5.74, 6) is 2.91. The zero-order valence-corrected chi connectivity index (χ0v) is 9.94. The van der Waals surface area contributed by atoms with Gasteiger partial charge in [0.1, 0.15) is 5.84 Å². The predicted molar refractivity (Wildman–Crippen MR) is 64.6 cm³/mol. The van der Waals surface area contributed by atoms with Crippen molar-refractivity contribution in [2.24, 2.45) is 16.8 Å². The number of hydrogen-bond donors (Lipinski definition) is 1. The van der Waals surface area contributed by atoms with E-state index >= 15 is 0 Å². The SMILES string of the molecule is OCC[C@H]1[C@@H]2CCCC[C@@H]2C2=NCCCN21. The molecule has 16 heavy (non-hydrogen) atoms. The van der Waals surface area contributed by atoms with Crippen LogP contribution in [0.15, 0.2) is 4.99 Å². The molecule has 0 radical (unpaired) electrons. The van der Waals surface area contributed by atoms with E-state index in [1.165, 1.54) is 44.5 Å². The summed E-state index contributed by atoms with van der Waals surface area (Å²) in [6.07, 6.45) is 7.59. The van der Waals surface area contributed by atoms with Crippen LogP contribution in [0.2, 0.25) is 0 Å². The molecule has 0 amide bonds. The Balaban J connectivity index is 1.87. The van der Waals surface area contributed by atoms with Gasteiger partial charge < -0.3 is 10.0 Å². The van der Waals surface area contributed by atoms with Crippen LogP contribution in [0.5, 0.6) is 0 Å². The van der Waals surface area contributed by atoms with Crippen molar-refractivity contribution in [3.8, 4) is 0 Å². The number of aliphatic hydroxyl groups is 1. The highest BCUT2D eigenvalue weighted by Gasteiger charge is 2.46. The van der Waals surface area contributed by atoms with Crippen LogP contribution in [0.25, 0.3) is 0 Å². The highest BCUT2D eigenvalue weighted by molar-refractivity contribution is 5.88. The van der Waals surface area contributed by atoms with E-state index in [1.54, 1.807) is 0 Å². The molecule has 3 heteroatoms. The predicted octanol–water partition coefficient (Wildman–Crippen LogP) is 1.66. The number of fused-ring (bicyclic) bond motifs is 3. The van der Waals surface area contributed by atoms with Gasteiger partial charge in [-0.2, -0.15) is 0 Å². The lowest BCUT2D eigenvalue weighted by atomic mass is 9.77. The van der Waals surface area contributed by atoms with Crippen LogP contribution < -0.4 is 0 Å². The maximum absolute atomic E-state index is 9.24. The molecule has 3 aliphatic rings. The maximum Gasteiger partial charge on any atom is 0.103 e. The van der Waals surface area contributed by atoms with Gasteiger partial charge in [-0.3, -0.25) is 4.99 Å². The second kappa shape index (κ2) is 4.36. The monoisotopic (exact) mass is 222 g/mol. The number of aliphatic hydroxyl groups excluding tert-OH is 1. The Hall–Kier alpha value is -0.570. The van der Waals surface area contributed by atoms with E-state index in [-0.39, 0.29) is 0 Å². The van der Waals surface area contributed by atoms with E-state index in [2.05, 4.69) is 4.90 Å². The third-order valence-electron chi connectivity index (χ3n) is 4.60. The minimum atomic E-state index is 0.331. The van der Waals surface area contributed by atoms with Crippen LogP contribution >= 0.6 is 0 Å². The Morgan fingerprint density at radius 3 is 3.00 bits per heavy atom. The molecular weight excluding hydrogens is 200 g/mol. The number of amidine groups is 1. The van der Waals surface area contributed by atoms with Crippen LogP contribution in [0.4, 0.5) is 0 Å². The number of rotatable bonds is 2. The van der Waals surface area contributed by atoms with E-state index in [9.17, 15) is 5.11 Å². The van der Waals surface area contributed by atoms with Gasteiger partial charge in [-0.15, -0.1) is 0 Å². The summed E-state index contributed by atoms with van der Waals surface area (Å²) in [6.45, 7) is 2.54. The van der Waals surface area contributed by atoms with Crippen molar-refractivity contribution in [3.05, 3.63) is 0 Å². The molecule has 0 unspecified atom stereocenters. The zero-order chi connectivity index (χ0) is 11.0. The first-order valence-corrected chi connectivity index (χ1v) is 6.83. The maximum atomic E-state index is 9.24. The third-order valence-corrected chi connectivity index (χ3v) is 4.60. The summed E-state index contributed by atoms with van der Waals surface area (Å²) in [6, 6.07) is 0.592. The summed E-state index contributed by atoms with van der Waals surface area (Å²) < 4.78 is 0. The summed E-state index contributed by atoms with van der Waals surface area (Å²) >= 11 is 0. The van der Waals surface area contributed by atoms with Gasteiger partial charge in [0.2, 0.25) is 0 Å². The normalized spacial score (nSPS) is 37.9. The number of hydrogen-bond acceptors (Lipinski definition) is 3. The smallest absolute Gasteiger partial charge is 0.103 e. The molecule has 3 rings (SSSR count). The zero-order valence-electron chi connectivity index (χ0n) is 9.94. The average molecular weight is 222 g/mol. The fourth-order valence-corrected chi connectivity index (χ4v) is 3.98. The first-order chi connectivity index (χ1) is 7.92. The van der Waals surface area contributed by atoms with Crippen molar-refractivity contribution in [1.82, 2.24) is 4.90 Å². The lowest BCUT2D eigenvalue weighted by Crippen LogP contribution is -2.39. The Bertz CT molecular complexity index is 290. The molecule has 2 heterocycles. The van der Waals surface area contributed by atoms with Gasteiger partial charge in [-0.05, 0) is 31.6 Å². The van der Waals surface area contributed by atoms with Crippen molar-refractivity contribution in [2.45, 2.75) is 44.6 Å².